The second-order valence-electron chi connectivity index (χ2n) is 21.4. The number of ether oxygens (including phenoxy) is 3. The van der Waals surface area contributed by atoms with Gasteiger partial charge in [-0.1, -0.05) is 59.6 Å². The molecule has 6 aromatic carbocycles. The molecule has 0 aromatic heterocycles. The Labute approximate surface area is 462 Å². The molecule has 12 rings (SSSR count). The molecule has 17 heteroatoms. The molecule has 3 amide bonds. The van der Waals surface area contributed by atoms with E-state index in [4.69, 9.17) is 54.6 Å². The Morgan fingerprint density at radius 1 is 0.449 bits per heavy atom. The Kier molecular flexibility index (Phi) is 15.9. The number of benzene rings is 6. The van der Waals surface area contributed by atoms with Gasteiger partial charge < -0.3 is 46.1 Å². The summed E-state index contributed by atoms with van der Waals surface area (Å²) in [5, 5.41) is 0.659. The summed E-state index contributed by atoms with van der Waals surface area (Å²) in [7, 11) is 0. The van der Waals surface area contributed by atoms with E-state index in [1.54, 1.807) is 15.9 Å². The topological polar surface area (TPSA) is 167 Å². The number of halogens is 5. The quantitative estimate of drug-likeness (QED) is 0.147. The molecule has 408 valence electrons. The number of fused-ring (bicyclic) bond motifs is 6. The molecule has 12 nitrogen and oxygen atoms in total. The predicted octanol–water partition coefficient (Wildman–Crippen LogP) is 10.2. The summed E-state index contributed by atoms with van der Waals surface area (Å²) >= 11 is 11.9. The molecule has 3 spiro atoms. The van der Waals surface area contributed by atoms with Gasteiger partial charge in [0.25, 0.3) is 17.7 Å². The number of amides is 3. The minimum atomic E-state index is -1.00. The van der Waals surface area contributed by atoms with Crippen LogP contribution in [0.15, 0.2) is 109 Å². The maximum atomic E-state index is 13.4. The largest absolute Gasteiger partial charge is 0.492 e. The first-order chi connectivity index (χ1) is 37.6. The molecule has 6 aliphatic rings. The van der Waals surface area contributed by atoms with Gasteiger partial charge in [0.1, 0.15) is 23.1 Å². The highest BCUT2D eigenvalue weighted by atomic mass is 35.5. The van der Waals surface area contributed by atoms with Gasteiger partial charge in [-0.05, 0) is 140 Å². The number of likely N-dealkylation sites (tertiary alicyclic amines) is 3. The summed E-state index contributed by atoms with van der Waals surface area (Å²) in [5.41, 5.74) is 26.3. The number of carbonyl (C=O) groups is 3. The number of piperidine rings is 3. The van der Waals surface area contributed by atoms with Crippen molar-refractivity contribution in [2.45, 2.75) is 81.3 Å². The lowest BCUT2D eigenvalue weighted by molar-refractivity contribution is 0.0639. The zero-order valence-corrected chi connectivity index (χ0v) is 45.0. The van der Waals surface area contributed by atoms with Gasteiger partial charge in [0, 0.05) is 114 Å². The van der Waals surface area contributed by atoms with E-state index in [0.29, 0.717) is 81.8 Å². The molecule has 78 heavy (non-hydrogen) atoms. The average Bonchev–Trinajstić information content (AvgIpc) is 4.32. The Bertz CT molecular complexity index is 2920. The predicted molar refractivity (Wildman–Crippen MR) is 294 cm³/mol. The second-order valence-corrected chi connectivity index (χ2v) is 22.2. The van der Waals surface area contributed by atoms with Crippen LogP contribution in [0.25, 0.3) is 0 Å². The number of hydrogen-bond acceptors (Lipinski definition) is 9. The van der Waals surface area contributed by atoms with Crippen molar-refractivity contribution >= 4 is 40.9 Å². The molecule has 0 unspecified atom stereocenters. The third-order valence-electron chi connectivity index (χ3n) is 16.8. The van der Waals surface area contributed by atoms with Crippen LogP contribution in [0, 0.1) is 24.4 Å². The number of hydrogen-bond donors (Lipinski definition) is 3. The van der Waals surface area contributed by atoms with Gasteiger partial charge in [0.05, 0.1) is 24.8 Å². The van der Waals surface area contributed by atoms with E-state index in [1.807, 2.05) is 60.4 Å². The maximum Gasteiger partial charge on any atom is 0.253 e. The highest BCUT2D eigenvalue weighted by molar-refractivity contribution is 6.31. The number of aryl methyl sites for hydroxylation is 1. The van der Waals surface area contributed by atoms with Gasteiger partial charge in [-0.15, -0.1) is 0 Å². The van der Waals surface area contributed by atoms with Crippen molar-refractivity contribution in [3.63, 3.8) is 0 Å². The molecule has 0 atom stereocenters. The van der Waals surface area contributed by atoms with E-state index < -0.39 is 17.5 Å². The van der Waals surface area contributed by atoms with Crippen molar-refractivity contribution in [2.24, 2.45) is 17.2 Å². The normalized spacial score (nSPS) is 17.9. The van der Waals surface area contributed by atoms with Crippen molar-refractivity contribution in [3.8, 4) is 17.2 Å². The van der Waals surface area contributed by atoms with E-state index >= 15 is 0 Å². The monoisotopic (exact) mass is 1100 g/mol. The van der Waals surface area contributed by atoms with Crippen LogP contribution in [0.3, 0.4) is 0 Å². The molecule has 0 bridgehead atoms. The molecular weight excluding hydrogens is 1040 g/mol. The number of rotatable bonds is 6. The van der Waals surface area contributed by atoms with Crippen LogP contribution in [-0.2, 0) is 35.9 Å². The summed E-state index contributed by atoms with van der Waals surface area (Å²) in [5.74, 6) is 0.00685. The van der Waals surface area contributed by atoms with Gasteiger partial charge >= 0.3 is 0 Å². The lowest BCUT2D eigenvalue weighted by Gasteiger charge is -2.38. The number of nitrogens with zero attached hydrogens (tertiary/aromatic N) is 3. The number of carbonyl (C=O) groups excluding carboxylic acids is 3. The lowest BCUT2D eigenvalue weighted by atomic mass is 9.74. The lowest BCUT2D eigenvalue weighted by Crippen LogP contribution is -2.46. The van der Waals surface area contributed by atoms with Gasteiger partial charge in [-0.25, -0.2) is 13.2 Å². The molecule has 0 saturated carbocycles. The summed E-state index contributed by atoms with van der Waals surface area (Å²) in [6.07, 6.45) is 5.01. The van der Waals surface area contributed by atoms with E-state index in [0.717, 1.165) is 103 Å². The third kappa shape index (κ3) is 10.8. The standard InChI is InChI=1S/C21H23ClN2O2.C20H20ClFN2O2.C20H20F2N2O2/c1-14-10-16(3-4-18(14)22)20(25)24-8-6-21(7-9-24)13-26-19-5-2-15(12-23)11-17(19)21;21-16-10-14(2-3-17(16)22)19(25)24-7-5-20(6-8-24)12-26-18-4-1-13(11-23)9-15(18)20;21-16-3-2-14(10-17(16)22)19(25)24-7-5-20(6-8-24)12-26-18-4-1-13(11-23)9-15(18)20/h2-5,10-11H,6-9,12-13,23H2,1H3;2*1-4,9-10H,5-8,11-12,23H2. The highest BCUT2D eigenvalue weighted by Gasteiger charge is 2.47. The molecule has 6 aliphatic heterocycles. The van der Waals surface area contributed by atoms with Gasteiger partial charge in [0.2, 0.25) is 0 Å². The Hall–Kier alpha value is -6.62. The Balaban J connectivity index is 0.000000132. The first-order valence-electron chi connectivity index (χ1n) is 26.5. The minimum Gasteiger partial charge on any atom is -0.492 e. The van der Waals surface area contributed by atoms with E-state index in [9.17, 15) is 27.6 Å². The maximum absolute atomic E-state index is 13.4. The van der Waals surface area contributed by atoms with Crippen molar-refractivity contribution < 1.29 is 41.8 Å². The van der Waals surface area contributed by atoms with Crippen LogP contribution in [0.1, 0.15) is 109 Å². The SMILES string of the molecule is Cc1cc(C(=O)N2CCC3(CC2)COc2ccc(CN)cc23)ccc1Cl.NCc1ccc2c(c1)C1(CCN(C(=O)c3ccc(F)c(Cl)c3)CC1)CO2.NCc1ccc2c(c1)C1(CCN(C(=O)c3ccc(F)c(F)c3)CC1)CO2. The van der Waals surface area contributed by atoms with E-state index in [1.165, 1.54) is 41.0 Å². The van der Waals surface area contributed by atoms with Crippen molar-refractivity contribution in [1.29, 1.82) is 0 Å². The van der Waals surface area contributed by atoms with Crippen LogP contribution in [0.2, 0.25) is 10.0 Å². The smallest absolute Gasteiger partial charge is 0.253 e. The second kappa shape index (κ2) is 22.6. The van der Waals surface area contributed by atoms with Crippen LogP contribution in [0.5, 0.6) is 17.2 Å². The fraction of sp³-hybridized carbons (Fsp3) is 0.361. The van der Waals surface area contributed by atoms with Crippen molar-refractivity contribution in [2.75, 3.05) is 59.1 Å². The summed E-state index contributed by atoms with van der Waals surface area (Å²) in [4.78, 5) is 43.6. The van der Waals surface area contributed by atoms with Crippen LogP contribution < -0.4 is 31.4 Å². The third-order valence-corrected chi connectivity index (χ3v) is 17.5. The summed E-state index contributed by atoms with van der Waals surface area (Å²) in [6, 6.07) is 31.3. The summed E-state index contributed by atoms with van der Waals surface area (Å²) in [6.45, 7) is 9.18. The van der Waals surface area contributed by atoms with Crippen molar-refractivity contribution in [3.05, 3.63) is 192 Å². The molecule has 6 heterocycles. The Morgan fingerprint density at radius 2 is 0.795 bits per heavy atom. The van der Waals surface area contributed by atoms with Crippen LogP contribution in [-0.4, -0.2) is 91.5 Å². The first kappa shape index (κ1) is 54.7. The fourth-order valence-corrected chi connectivity index (χ4v) is 12.2. The van der Waals surface area contributed by atoms with E-state index in [-0.39, 0.29) is 44.6 Å². The van der Waals surface area contributed by atoms with Gasteiger partial charge in [-0.3, -0.25) is 14.4 Å². The van der Waals surface area contributed by atoms with Gasteiger partial charge in [0.15, 0.2) is 11.6 Å². The molecule has 0 radical (unpaired) electrons. The van der Waals surface area contributed by atoms with E-state index in [2.05, 4.69) is 18.2 Å². The van der Waals surface area contributed by atoms with Gasteiger partial charge in [-0.2, -0.15) is 0 Å². The molecular formula is C61H63Cl2F3N6O6. The molecule has 6 N–H and O–H groups in total. The minimum absolute atomic E-state index is 0.00715. The molecule has 3 saturated heterocycles. The number of nitrogens with two attached hydrogens (primary N) is 3. The molecule has 3 fully saturated rings. The zero-order valence-electron chi connectivity index (χ0n) is 43.5. The molecule has 6 aromatic rings. The average molecular weight is 1100 g/mol. The molecule has 0 aliphatic carbocycles. The first-order valence-corrected chi connectivity index (χ1v) is 27.3. The zero-order chi connectivity index (χ0) is 54.9. The Morgan fingerprint density at radius 3 is 1.14 bits per heavy atom. The highest BCUT2D eigenvalue weighted by Crippen LogP contribution is 2.49. The van der Waals surface area contributed by atoms with Crippen LogP contribution in [0.4, 0.5) is 13.2 Å². The van der Waals surface area contributed by atoms with Crippen LogP contribution >= 0.6 is 23.2 Å². The fourth-order valence-electron chi connectivity index (χ4n) is 11.9. The van der Waals surface area contributed by atoms with Crippen molar-refractivity contribution in [1.82, 2.24) is 14.7 Å². The summed E-state index contributed by atoms with van der Waals surface area (Å²) < 4.78 is 57.5.